The Morgan fingerprint density at radius 2 is 0.958 bits per heavy atom. The lowest BCUT2D eigenvalue weighted by Gasteiger charge is -2.28. The number of fused-ring (bicyclic) bond motifs is 9. The van der Waals surface area contributed by atoms with Gasteiger partial charge in [-0.1, -0.05) is 127 Å². The number of nitrogens with zero attached hydrogens (tertiary/aromatic N) is 1. The minimum Gasteiger partial charge on any atom is -0.455 e. The lowest BCUT2D eigenvalue weighted by molar-refractivity contribution is 0.672. The van der Waals surface area contributed by atoms with Crippen molar-refractivity contribution in [2.75, 3.05) is 4.90 Å². The maximum absolute atomic E-state index is 6.52. The van der Waals surface area contributed by atoms with E-state index in [0.29, 0.717) is 0 Å². The number of hydrogen-bond donors (Lipinski definition) is 0. The molecule has 9 aromatic carbocycles. The Morgan fingerprint density at radius 1 is 0.333 bits per heavy atom. The van der Waals surface area contributed by atoms with Gasteiger partial charge >= 0.3 is 0 Å². The first-order chi connectivity index (χ1) is 23.8. The van der Waals surface area contributed by atoms with Gasteiger partial charge in [-0.15, -0.1) is 0 Å². The molecule has 0 fully saturated rings. The molecule has 1 aromatic heterocycles. The average Bonchev–Trinajstić information content (AvgIpc) is 3.54. The zero-order chi connectivity index (χ0) is 31.6. The molecule has 10 aromatic rings. The number of benzene rings is 9. The summed E-state index contributed by atoms with van der Waals surface area (Å²) < 4.78 is 6.52. The zero-order valence-corrected chi connectivity index (χ0v) is 26.1. The number of rotatable bonds is 4. The van der Waals surface area contributed by atoms with Gasteiger partial charge in [0.05, 0.1) is 5.69 Å². The number of furan rings is 1. The molecule has 0 aliphatic rings. The van der Waals surface area contributed by atoms with Crippen molar-refractivity contribution in [1.29, 1.82) is 0 Å². The van der Waals surface area contributed by atoms with Crippen LogP contribution in [0.15, 0.2) is 180 Å². The Balaban J connectivity index is 1.20. The molecule has 0 aliphatic heterocycles. The van der Waals surface area contributed by atoms with E-state index in [2.05, 4.69) is 181 Å². The van der Waals surface area contributed by atoms with Crippen LogP contribution < -0.4 is 4.90 Å². The first-order valence-electron chi connectivity index (χ1n) is 16.4. The fourth-order valence-corrected chi connectivity index (χ4v) is 7.45. The van der Waals surface area contributed by atoms with E-state index in [0.717, 1.165) is 44.4 Å². The van der Waals surface area contributed by atoms with Crippen LogP contribution in [-0.4, -0.2) is 0 Å². The maximum Gasteiger partial charge on any atom is 0.143 e. The summed E-state index contributed by atoms with van der Waals surface area (Å²) in [7, 11) is 0. The second-order valence-electron chi connectivity index (χ2n) is 12.6. The molecule has 48 heavy (non-hydrogen) atoms. The van der Waals surface area contributed by atoms with Gasteiger partial charge in [0.15, 0.2) is 0 Å². The molecule has 224 valence electrons. The van der Waals surface area contributed by atoms with Crippen molar-refractivity contribution in [1.82, 2.24) is 0 Å². The van der Waals surface area contributed by atoms with Crippen molar-refractivity contribution < 1.29 is 4.42 Å². The van der Waals surface area contributed by atoms with Crippen molar-refractivity contribution in [2.45, 2.75) is 0 Å². The molecule has 0 saturated heterocycles. The molecule has 1 heterocycles. The first-order valence-corrected chi connectivity index (χ1v) is 16.4. The Kier molecular flexibility index (Phi) is 5.91. The van der Waals surface area contributed by atoms with E-state index in [1.807, 2.05) is 0 Å². The van der Waals surface area contributed by atoms with Crippen LogP contribution in [0.25, 0.3) is 76.2 Å². The monoisotopic (exact) mass is 611 g/mol. The van der Waals surface area contributed by atoms with E-state index in [9.17, 15) is 0 Å². The second-order valence-corrected chi connectivity index (χ2v) is 12.6. The average molecular weight is 612 g/mol. The lowest BCUT2D eigenvalue weighted by Crippen LogP contribution is -2.10. The highest BCUT2D eigenvalue weighted by Gasteiger charge is 2.19. The van der Waals surface area contributed by atoms with Gasteiger partial charge in [-0.3, -0.25) is 0 Å². The molecule has 10 rings (SSSR count). The van der Waals surface area contributed by atoms with Gasteiger partial charge in [-0.25, -0.2) is 0 Å². The molecule has 2 heteroatoms. The Hall–Kier alpha value is -6.38. The second kappa shape index (κ2) is 10.6. The first kappa shape index (κ1) is 26.8. The minimum atomic E-state index is 0.889. The summed E-state index contributed by atoms with van der Waals surface area (Å²) in [6.45, 7) is 0. The summed E-state index contributed by atoms with van der Waals surface area (Å²) in [6.07, 6.45) is 0. The smallest absolute Gasteiger partial charge is 0.143 e. The predicted octanol–water partition coefficient (Wildman–Crippen LogP) is 13.3. The molecule has 0 unspecified atom stereocenters. The molecule has 0 radical (unpaired) electrons. The van der Waals surface area contributed by atoms with E-state index in [1.165, 1.54) is 48.8 Å². The summed E-state index contributed by atoms with van der Waals surface area (Å²) in [5.74, 6) is 0. The van der Waals surface area contributed by atoms with Crippen molar-refractivity contribution in [3.05, 3.63) is 176 Å². The van der Waals surface area contributed by atoms with Crippen LogP contribution in [0.5, 0.6) is 0 Å². The predicted molar refractivity (Wildman–Crippen MR) is 204 cm³/mol. The van der Waals surface area contributed by atoms with Crippen LogP contribution >= 0.6 is 0 Å². The normalized spacial score (nSPS) is 11.8. The van der Waals surface area contributed by atoms with Gasteiger partial charge in [0.1, 0.15) is 11.2 Å². The van der Waals surface area contributed by atoms with Crippen molar-refractivity contribution in [3.63, 3.8) is 0 Å². The molecule has 0 spiro atoms. The van der Waals surface area contributed by atoms with Crippen LogP contribution in [-0.2, 0) is 0 Å². The number of hydrogen-bond acceptors (Lipinski definition) is 2. The third kappa shape index (κ3) is 4.20. The molecule has 0 saturated carbocycles. The highest BCUT2D eigenvalue weighted by molar-refractivity contribution is 6.17. The molecule has 0 bridgehead atoms. The Morgan fingerprint density at radius 3 is 1.79 bits per heavy atom. The third-order valence-corrected chi connectivity index (χ3v) is 9.80. The van der Waals surface area contributed by atoms with Crippen LogP contribution in [0, 0.1) is 0 Å². The quantitative estimate of drug-likeness (QED) is 0.184. The number of anilines is 3. The zero-order valence-electron chi connectivity index (χ0n) is 26.1. The van der Waals surface area contributed by atoms with E-state index in [-0.39, 0.29) is 0 Å². The third-order valence-electron chi connectivity index (χ3n) is 9.80. The van der Waals surface area contributed by atoms with E-state index >= 15 is 0 Å². The summed E-state index contributed by atoms with van der Waals surface area (Å²) in [5, 5.41) is 12.0. The largest absolute Gasteiger partial charge is 0.455 e. The van der Waals surface area contributed by atoms with Gasteiger partial charge in [0.2, 0.25) is 0 Å². The van der Waals surface area contributed by atoms with Crippen LogP contribution in [0.3, 0.4) is 0 Å². The molecular formula is C46H29NO. The SMILES string of the molecule is c1ccc2cc(-c3ccc(N(c4ccc5oc6c7ccccc7ccc6c5c4)c4cc5ccccc5c5ccccc45)cc3)ccc2c1. The van der Waals surface area contributed by atoms with Gasteiger partial charge in [-0.05, 0) is 92.0 Å². The summed E-state index contributed by atoms with van der Waals surface area (Å²) >= 11 is 0. The lowest BCUT2D eigenvalue weighted by atomic mass is 9.98. The van der Waals surface area contributed by atoms with Crippen molar-refractivity contribution >= 4 is 82.1 Å². The molecule has 0 aliphatic carbocycles. The molecular weight excluding hydrogens is 583 g/mol. The topological polar surface area (TPSA) is 16.4 Å². The molecule has 0 amide bonds. The van der Waals surface area contributed by atoms with Crippen LogP contribution in [0.4, 0.5) is 17.1 Å². The van der Waals surface area contributed by atoms with Gasteiger partial charge < -0.3 is 9.32 Å². The minimum absolute atomic E-state index is 0.889. The Labute approximate surface area is 277 Å². The van der Waals surface area contributed by atoms with Crippen LogP contribution in [0.1, 0.15) is 0 Å². The fourth-order valence-electron chi connectivity index (χ4n) is 7.45. The fraction of sp³-hybridized carbons (Fsp3) is 0. The van der Waals surface area contributed by atoms with Crippen LogP contribution in [0.2, 0.25) is 0 Å². The highest BCUT2D eigenvalue weighted by atomic mass is 16.3. The highest BCUT2D eigenvalue weighted by Crippen LogP contribution is 2.44. The Bertz CT molecular complexity index is 2840. The summed E-state index contributed by atoms with van der Waals surface area (Å²) in [5.41, 5.74) is 7.54. The maximum atomic E-state index is 6.52. The van der Waals surface area contributed by atoms with Gasteiger partial charge in [0.25, 0.3) is 0 Å². The van der Waals surface area contributed by atoms with Gasteiger partial charge in [0, 0.05) is 32.9 Å². The summed E-state index contributed by atoms with van der Waals surface area (Å²) in [6, 6.07) is 63.4. The molecule has 0 atom stereocenters. The summed E-state index contributed by atoms with van der Waals surface area (Å²) in [4.78, 5) is 2.40. The van der Waals surface area contributed by atoms with Gasteiger partial charge in [-0.2, -0.15) is 0 Å². The molecule has 2 nitrogen and oxygen atoms in total. The molecule has 0 N–H and O–H groups in total. The van der Waals surface area contributed by atoms with E-state index < -0.39 is 0 Å². The van der Waals surface area contributed by atoms with E-state index in [1.54, 1.807) is 0 Å². The van der Waals surface area contributed by atoms with Crippen molar-refractivity contribution in [2.24, 2.45) is 0 Å². The standard InChI is InChI=1S/C46H29NO/c1-2-11-33-27-34(18-17-30(33)9-1)31-19-22-36(23-20-31)47(44-28-35-12-4-5-13-38(35)40-15-7-8-16-41(40)44)37-24-26-45-43(29-37)42-25-21-32-10-3-6-14-39(32)46(42)48-45/h1-29H. The van der Waals surface area contributed by atoms with E-state index in [4.69, 9.17) is 4.42 Å². The van der Waals surface area contributed by atoms with Crippen molar-refractivity contribution in [3.8, 4) is 11.1 Å².